The van der Waals surface area contributed by atoms with E-state index in [9.17, 15) is 9.59 Å². The van der Waals surface area contributed by atoms with Gasteiger partial charge in [-0.2, -0.15) is 0 Å². The first-order valence-corrected chi connectivity index (χ1v) is 11.6. The number of benzene rings is 2. The maximum absolute atomic E-state index is 12.9. The monoisotopic (exact) mass is 452 g/mol. The fourth-order valence-corrected chi connectivity index (χ4v) is 4.36. The standard InChI is InChI=1S/C24H28N4O3S/c1-16(2)15-31-19-6-4-5-17(13-19)22(29)26-24-25-20-8-7-18(14-21(20)32-24)23(30)28-11-9-27(3)10-12-28/h4-8,13-14,16H,9-12,15H2,1-3H3,(H,25,26,29). The molecule has 1 aromatic heterocycles. The molecule has 0 unspecified atom stereocenters. The van der Waals surface area contributed by atoms with Crippen LogP contribution in [0.4, 0.5) is 5.13 Å². The maximum Gasteiger partial charge on any atom is 0.257 e. The van der Waals surface area contributed by atoms with Crippen LogP contribution in [0.5, 0.6) is 5.75 Å². The van der Waals surface area contributed by atoms with Crippen molar-refractivity contribution in [2.75, 3.05) is 45.2 Å². The molecule has 2 heterocycles. The molecule has 3 aromatic rings. The van der Waals surface area contributed by atoms with Crippen LogP contribution in [0.3, 0.4) is 0 Å². The van der Waals surface area contributed by atoms with E-state index in [4.69, 9.17) is 4.74 Å². The van der Waals surface area contributed by atoms with Gasteiger partial charge in [0.15, 0.2) is 5.13 Å². The lowest BCUT2D eigenvalue weighted by Crippen LogP contribution is -2.47. The van der Waals surface area contributed by atoms with Crippen molar-refractivity contribution in [1.29, 1.82) is 0 Å². The third kappa shape index (κ3) is 5.26. The molecule has 1 aliphatic rings. The average molecular weight is 453 g/mol. The van der Waals surface area contributed by atoms with Crippen LogP contribution in [0, 0.1) is 5.92 Å². The molecule has 8 heteroatoms. The molecule has 7 nitrogen and oxygen atoms in total. The lowest BCUT2D eigenvalue weighted by molar-refractivity contribution is 0.0664. The van der Waals surface area contributed by atoms with E-state index in [-0.39, 0.29) is 11.8 Å². The number of hydrogen-bond acceptors (Lipinski definition) is 6. The Morgan fingerprint density at radius 1 is 1.09 bits per heavy atom. The quantitative estimate of drug-likeness (QED) is 0.613. The normalized spacial score (nSPS) is 14.7. The highest BCUT2D eigenvalue weighted by Crippen LogP contribution is 2.28. The van der Waals surface area contributed by atoms with Crippen molar-refractivity contribution in [3.05, 3.63) is 53.6 Å². The first-order valence-electron chi connectivity index (χ1n) is 10.8. The maximum atomic E-state index is 12.9. The van der Waals surface area contributed by atoms with E-state index in [2.05, 4.69) is 36.1 Å². The summed E-state index contributed by atoms with van der Waals surface area (Å²) in [5.41, 5.74) is 1.92. The van der Waals surface area contributed by atoms with Crippen LogP contribution in [0.25, 0.3) is 10.2 Å². The summed E-state index contributed by atoms with van der Waals surface area (Å²) in [5.74, 6) is 0.871. The highest BCUT2D eigenvalue weighted by molar-refractivity contribution is 7.22. The summed E-state index contributed by atoms with van der Waals surface area (Å²) in [6.45, 7) is 7.98. The molecule has 0 atom stereocenters. The van der Waals surface area contributed by atoms with Crippen molar-refractivity contribution in [2.24, 2.45) is 5.92 Å². The van der Waals surface area contributed by atoms with Crippen LogP contribution in [0.15, 0.2) is 42.5 Å². The SMILES string of the molecule is CC(C)COc1cccc(C(=O)Nc2nc3ccc(C(=O)N4CCN(C)CC4)cc3s2)c1. The molecule has 1 fully saturated rings. The molecule has 32 heavy (non-hydrogen) atoms. The van der Waals surface area contributed by atoms with Crippen LogP contribution >= 0.6 is 11.3 Å². The fraction of sp³-hybridized carbons (Fsp3) is 0.375. The highest BCUT2D eigenvalue weighted by atomic mass is 32.1. The van der Waals surface area contributed by atoms with E-state index in [0.717, 1.165) is 36.4 Å². The van der Waals surface area contributed by atoms with E-state index in [1.807, 2.05) is 29.2 Å². The lowest BCUT2D eigenvalue weighted by atomic mass is 10.1. The van der Waals surface area contributed by atoms with E-state index in [1.54, 1.807) is 18.2 Å². The predicted molar refractivity (Wildman–Crippen MR) is 128 cm³/mol. The molecular formula is C24H28N4O3S. The first kappa shape index (κ1) is 22.2. The number of piperazine rings is 1. The Labute approximate surface area is 192 Å². The van der Waals surface area contributed by atoms with Gasteiger partial charge < -0.3 is 14.5 Å². The molecule has 0 aliphatic carbocycles. The van der Waals surface area contributed by atoms with Gasteiger partial charge in [-0.15, -0.1) is 0 Å². The summed E-state index contributed by atoms with van der Waals surface area (Å²) in [5, 5.41) is 3.37. The number of aromatic nitrogens is 1. The molecule has 2 aromatic carbocycles. The van der Waals surface area contributed by atoms with Crippen molar-refractivity contribution in [3.8, 4) is 5.75 Å². The smallest absolute Gasteiger partial charge is 0.257 e. The van der Waals surface area contributed by atoms with E-state index in [0.29, 0.717) is 34.5 Å². The third-order valence-electron chi connectivity index (χ3n) is 5.33. The first-order chi connectivity index (χ1) is 15.4. The second kappa shape index (κ2) is 9.67. The summed E-state index contributed by atoms with van der Waals surface area (Å²) in [6.07, 6.45) is 0. The zero-order valence-electron chi connectivity index (χ0n) is 18.6. The van der Waals surface area contributed by atoms with Gasteiger partial charge in [-0.3, -0.25) is 14.9 Å². The van der Waals surface area contributed by atoms with Gasteiger partial charge in [0, 0.05) is 37.3 Å². The molecule has 0 radical (unpaired) electrons. The fourth-order valence-electron chi connectivity index (χ4n) is 3.46. The van der Waals surface area contributed by atoms with Crippen molar-refractivity contribution >= 4 is 38.5 Å². The summed E-state index contributed by atoms with van der Waals surface area (Å²) < 4.78 is 6.59. The molecule has 0 saturated carbocycles. The Bertz CT molecular complexity index is 1120. The zero-order chi connectivity index (χ0) is 22.7. The number of carbonyl (C=O) groups is 2. The Morgan fingerprint density at radius 3 is 2.62 bits per heavy atom. The highest BCUT2D eigenvalue weighted by Gasteiger charge is 2.21. The number of carbonyl (C=O) groups excluding carboxylic acids is 2. The number of amides is 2. The number of hydrogen-bond donors (Lipinski definition) is 1. The minimum absolute atomic E-state index is 0.0391. The lowest BCUT2D eigenvalue weighted by Gasteiger charge is -2.32. The largest absolute Gasteiger partial charge is 0.493 e. The number of ether oxygens (including phenoxy) is 1. The van der Waals surface area contributed by atoms with Crippen LogP contribution < -0.4 is 10.1 Å². The number of nitrogens with zero attached hydrogens (tertiary/aromatic N) is 3. The van der Waals surface area contributed by atoms with Gasteiger partial charge in [0.05, 0.1) is 16.8 Å². The number of anilines is 1. The molecule has 168 valence electrons. The van der Waals surface area contributed by atoms with E-state index >= 15 is 0 Å². The number of thiazole rings is 1. The third-order valence-corrected chi connectivity index (χ3v) is 6.26. The Kier molecular flexibility index (Phi) is 6.72. The topological polar surface area (TPSA) is 74.8 Å². The second-order valence-corrected chi connectivity index (χ2v) is 9.51. The van der Waals surface area contributed by atoms with Gasteiger partial charge in [0.1, 0.15) is 5.75 Å². The number of likely N-dealkylation sites (N-methyl/N-ethyl adjacent to an activating group) is 1. The van der Waals surface area contributed by atoms with Crippen LogP contribution in [-0.4, -0.2) is 66.4 Å². The predicted octanol–water partition coefficient (Wildman–Crippen LogP) is 3.97. The van der Waals surface area contributed by atoms with Gasteiger partial charge in [0.2, 0.25) is 0 Å². The second-order valence-electron chi connectivity index (χ2n) is 8.48. The minimum Gasteiger partial charge on any atom is -0.493 e. The molecule has 4 rings (SSSR count). The number of rotatable bonds is 6. The summed E-state index contributed by atoms with van der Waals surface area (Å²) >= 11 is 1.36. The van der Waals surface area contributed by atoms with Crippen LogP contribution in [-0.2, 0) is 0 Å². The van der Waals surface area contributed by atoms with Gasteiger partial charge in [-0.1, -0.05) is 31.3 Å². The molecule has 1 aliphatic heterocycles. The van der Waals surface area contributed by atoms with Crippen molar-refractivity contribution < 1.29 is 14.3 Å². The van der Waals surface area contributed by atoms with E-state index in [1.165, 1.54) is 11.3 Å². The molecule has 2 amide bonds. The van der Waals surface area contributed by atoms with E-state index < -0.39 is 0 Å². The molecule has 0 spiro atoms. The van der Waals surface area contributed by atoms with Crippen LogP contribution in [0.1, 0.15) is 34.6 Å². The zero-order valence-corrected chi connectivity index (χ0v) is 19.4. The van der Waals surface area contributed by atoms with Crippen molar-refractivity contribution in [3.63, 3.8) is 0 Å². The summed E-state index contributed by atoms with van der Waals surface area (Å²) in [7, 11) is 2.07. The Balaban J connectivity index is 1.45. The Morgan fingerprint density at radius 2 is 1.88 bits per heavy atom. The van der Waals surface area contributed by atoms with Crippen molar-refractivity contribution in [2.45, 2.75) is 13.8 Å². The Hall–Kier alpha value is -2.97. The molecule has 1 N–H and O–H groups in total. The molecule has 0 bridgehead atoms. The van der Waals surface area contributed by atoms with Gasteiger partial charge in [-0.25, -0.2) is 4.98 Å². The minimum atomic E-state index is -0.243. The van der Waals surface area contributed by atoms with Crippen LogP contribution in [0.2, 0.25) is 0 Å². The number of nitrogens with one attached hydrogen (secondary N) is 1. The van der Waals surface area contributed by atoms with Gasteiger partial charge in [-0.05, 0) is 49.4 Å². The van der Waals surface area contributed by atoms with Gasteiger partial charge >= 0.3 is 0 Å². The summed E-state index contributed by atoms with van der Waals surface area (Å²) in [4.78, 5) is 34.2. The van der Waals surface area contributed by atoms with Crippen molar-refractivity contribution in [1.82, 2.24) is 14.8 Å². The number of fused-ring (bicyclic) bond motifs is 1. The average Bonchev–Trinajstić information content (AvgIpc) is 3.19. The molecular weight excluding hydrogens is 424 g/mol. The van der Waals surface area contributed by atoms with Gasteiger partial charge in [0.25, 0.3) is 11.8 Å². The summed E-state index contributed by atoms with van der Waals surface area (Å²) in [6, 6.07) is 12.6. The molecule has 1 saturated heterocycles.